The molecule has 0 spiro atoms. The molecule has 2 N–H and O–H groups in total. The molecule has 2 heterocycles. The van der Waals surface area contributed by atoms with Crippen LogP contribution < -0.4 is 10.6 Å². The summed E-state index contributed by atoms with van der Waals surface area (Å²) in [5.41, 5.74) is 1.32. The molecule has 0 radical (unpaired) electrons. The van der Waals surface area contributed by atoms with Crippen LogP contribution in [0, 0.1) is 0 Å². The summed E-state index contributed by atoms with van der Waals surface area (Å²) in [6.45, 7) is 3.00. The van der Waals surface area contributed by atoms with E-state index in [1.54, 1.807) is 12.1 Å². The van der Waals surface area contributed by atoms with Crippen molar-refractivity contribution in [3.8, 4) is 0 Å². The average molecular weight is 430 g/mol. The van der Waals surface area contributed by atoms with Crippen LogP contribution in [0.15, 0.2) is 29.3 Å². The highest BCUT2D eigenvalue weighted by molar-refractivity contribution is 7.91. The third-order valence-corrected chi connectivity index (χ3v) is 7.12. The Balaban J connectivity index is 1.88. The highest BCUT2D eigenvalue weighted by Crippen LogP contribution is 2.33. The van der Waals surface area contributed by atoms with Gasteiger partial charge < -0.3 is 10.1 Å². The fraction of sp³-hybridized carbons (Fsp3) is 0.412. The first-order chi connectivity index (χ1) is 12.9. The van der Waals surface area contributed by atoms with Crippen LogP contribution in [0.2, 0.25) is 4.34 Å². The molecule has 1 unspecified atom stereocenters. The largest absolute Gasteiger partial charge is 0.381 e. The summed E-state index contributed by atoms with van der Waals surface area (Å²) >= 11 is 6.96. The third-order valence-electron chi connectivity index (χ3n) is 4.17. The number of halogens is 1. The van der Waals surface area contributed by atoms with E-state index in [0.29, 0.717) is 34.8 Å². The van der Waals surface area contributed by atoms with Crippen molar-refractivity contribution in [3.05, 3.63) is 34.3 Å². The van der Waals surface area contributed by atoms with E-state index in [1.807, 2.05) is 6.92 Å². The number of thiazole rings is 1. The molecular formula is C17H20ClN3O4S2. The highest BCUT2D eigenvalue weighted by Gasteiger charge is 2.24. The molecule has 146 valence electrons. The molecule has 1 fully saturated rings. The Labute approximate surface area is 167 Å². The van der Waals surface area contributed by atoms with Crippen molar-refractivity contribution in [2.24, 2.45) is 0 Å². The maximum Gasteiger partial charge on any atom is 0.325 e. The van der Waals surface area contributed by atoms with E-state index in [0.717, 1.165) is 23.3 Å². The van der Waals surface area contributed by atoms with Crippen molar-refractivity contribution in [1.82, 2.24) is 4.98 Å². The summed E-state index contributed by atoms with van der Waals surface area (Å²) < 4.78 is 30.7. The fourth-order valence-corrected chi connectivity index (χ4v) is 5.08. The van der Waals surface area contributed by atoms with Gasteiger partial charge in [-0.1, -0.05) is 35.9 Å². The Morgan fingerprint density at radius 1 is 1.41 bits per heavy atom. The van der Waals surface area contributed by atoms with Crippen molar-refractivity contribution >= 4 is 49.6 Å². The van der Waals surface area contributed by atoms with Crippen LogP contribution in [-0.2, 0) is 14.6 Å². The van der Waals surface area contributed by atoms with Crippen molar-refractivity contribution in [1.29, 1.82) is 0 Å². The molecule has 27 heavy (non-hydrogen) atoms. The summed E-state index contributed by atoms with van der Waals surface area (Å²) in [4.78, 5) is 16.5. The van der Waals surface area contributed by atoms with Crippen molar-refractivity contribution < 1.29 is 17.9 Å². The number of aromatic nitrogens is 1. The SMILES string of the molecule is CCCS(=O)(=O)c1ccc(C2CCOC2)c(NC(=O)Nc2ncc(Cl)s2)c1. The number of carbonyl (C=O) groups excluding carboxylic acids is 1. The summed E-state index contributed by atoms with van der Waals surface area (Å²) in [6, 6.07) is 4.37. The number of carbonyl (C=O) groups is 1. The van der Waals surface area contributed by atoms with Gasteiger partial charge in [0, 0.05) is 18.2 Å². The third kappa shape index (κ3) is 4.98. The molecule has 0 bridgehead atoms. The number of benzene rings is 1. The minimum atomic E-state index is -3.40. The Bertz CT molecular complexity index is 924. The molecule has 0 saturated carbocycles. The number of rotatable bonds is 6. The summed E-state index contributed by atoms with van der Waals surface area (Å²) in [7, 11) is -3.40. The monoisotopic (exact) mass is 429 g/mol. The lowest BCUT2D eigenvalue weighted by Gasteiger charge is -2.17. The van der Waals surface area contributed by atoms with Crippen LogP contribution in [0.25, 0.3) is 0 Å². The number of urea groups is 1. The summed E-state index contributed by atoms with van der Waals surface area (Å²) in [5.74, 6) is 0.167. The molecule has 2 amide bonds. The van der Waals surface area contributed by atoms with Crippen LogP contribution in [0.5, 0.6) is 0 Å². The Kier molecular flexibility index (Phi) is 6.36. The van der Waals surface area contributed by atoms with Gasteiger partial charge in [-0.15, -0.1) is 0 Å². The number of amides is 2. The van der Waals surface area contributed by atoms with Gasteiger partial charge in [-0.05, 0) is 30.5 Å². The maximum atomic E-state index is 12.4. The second kappa shape index (κ2) is 8.55. The van der Waals surface area contributed by atoms with E-state index >= 15 is 0 Å². The van der Waals surface area contributed by atoms with Crippen molar-refractivity contribution in [2.45, 2.75) is 30.6 Å². The average Bonchev–Trinajstić information content (AvgIpc) is 3.26. The van der Waals surface area contributed by atoms with E-state index in [4.69, 9.17) is 16.3 Å². The smallest absolute Gasteiger partial charge is 0.325 e. The van der Waals surface area contributed by atoms with Crippen LogP contribution >= 0.6 is 22.9 Å². The van der Waals surface area contributed by atoms with Gasteiger partial charge in [-0.2, -0.15) is 0 Å². The second-order valence-corrected chi connectivity index (χ2v) is 9.95. The number of anilines is 2. The van der Waals surface area contributed by atoms with E-state index in [2.05, 4.69) is 15.6 Å². The number of hydrogen-bond acceptors (Lipinski definition) is 6. The molecule has 7 nitrogen and oxygen atoms in total. The zero-order valence-electron chi connectivity index (χ0n) is 14.7. The van der Waals surface area contributed by atoms with E-state index in [9.17, 15) is 13.2 Å². The number of nitrogens with one attached hydrogen (secondary N) is 2. The van der Waals surface area contributed by atoms with Crippen LogP contribution in [0.4, 0.5) is 15.6 Å². The maximum absolute atomic E-state index is 12.4. The van der Waals surface area contributed by atoms with Crippen molar-refractivity contribution in [3.63, 3.8) is 0 Å². The minimum Gasteiger partial charge on any atom is -0.381 e. The molecule has 2 aromatic rings. The van der Waals surface area contributed by atoms with Gasteiger partial charge in [0.25, 0.3) is 0 Å². The van der Waals surface area contributed by atoms with Gasteiger partial charge in [-0.25, -0.2) is 18.2 Å². The Hall–Kier alpha value is -1.68. The summed E-state index contributed by atoms with van der Waals surface area (Å²) in [5, 5.41) is 5.72. The fourth-order valence-electron chi connectivity index (χ4n) is 2.92. The zero-order chi connectivity index (χ0) is 19.4. The standard InChI is InChI=1S/C17H20ClN3O4S2/c1-2-7-27(23,24)12-3-4-13(11-5-6-25-10-11)14(8-12)20-16(22)21-17-19-9-15(18)26-17/h3-4,8-9,11H,2,5-7,10H2,1H3,(H2,19,20,21,22). The van der Waals surface area contributed by atoms with Gasteiger partial charge in [0.2, 0.25) is 0 Å². The lowest BCUT2D eigenvalue weighted by molar-refractivity contribution is 0.194. The number of nitrogens with zero attached hydrogens (tertiary/aromatic N) is 1. The van der Waals surface area contributed by atoms with Crippen LogP contribution in [0.3, 0.4) is 0 Å². The molecule has 1 saturated heterocycles. The minimum absolute atomic E-state index is 0.0577. The molecular weight excluding hydrogens is 410 g/mol. The Morgan fingerprint density at radius 3 is 2.85 bits per heavy atom. The molecule has 1 aromatic heterocycles. The number of sulfone groups is 1. The molecule has 1 aliphatic heterocycles. The summed E-state index contributed by atoms with van der Waals surface area (Å²) in [6.07, 6.45) is 2.79. The van der Waals surface area contributed by atoms with E-state index in [-0.39, 0.29) is 16.6 Å². The molecule has 0 aliphatic carbocycles. The topological polar surface area (TPSA) is 97.4 Å². The molecule has 3 rings (SSSR count). The lowest BCUT2D eigenvalue weighted by atomic mass is 9.97. The first-order valence-electron chi connectivity index (χ1n) is 8.53. The van der Waals surface area contributed by atoms with Gasteiger partial charge >= 0.3 is 6.03 Å². The first-order valence-corrected chi connectivity index (χ1v) is 11.4. The predicted molar refractivity (Wildman–Crippen MR) is 107 cm³/mol. The second-order valence-electron chi connectivity index (χ2n) is 6.18. The van der Waals surface area contributed by atoms with Crippen LogP contribution in [0.1, 0.15) is 31.2 Å². The predicted octanol–water partition coefficient (Wildman–Crippen LogP) is 4.13. The zero-order valence-corrected chi connectivity index (χ0v) is 17.1. The van der Waals surface area contributed by atoms with Crippen LogP contribution in [-0.4, -0.2) is 38.4 Å². The van der Waals surface area contributed by atoms with Gasteiger partial charge in [0.15, 0.2) is 15.0 Å². The molecule has 1 atom stereocenters. The van der Waals surface area contributed by atoms with Gasteiger partial charge in [0.05, 0.1) is 23.5 Å². The molecule has 1 aromatic carbocycles. The lowest BCUT2D eigenvalue weighted by Crippen LogP contribution is -2.21. The highest BCUT2D eigenvalue weighted by atomic mass is 35.5. The van der Waals surface area contributed by atoms with Crippen molar-refractivity contribution in [2.75, 3.05) is 29.6 Å². The van der Waals surface area contributed by atoms with Gasteiger partial charge in [0.1, 0.15) is 4.34 Å². The molecule has 10 heteroatoms. The Morgan fingerprint density at radius 2 is 2.22 bits per heavy atom. The number of hydrogen-bond donors (Lipinski definition) is 2. The molecule has 1 aliphatic rings. The number of ether oxygens (including phenoxy) is 1. The van der Waals surface area contributed by atoms with E-state index < -0.39 is 15.9 Å². The van der Waals surface area contributed by atoms with Gasteiger partial charge in [-0.3, -0.25) is 5.32 Å². The normalized spacial score (nSPS) is 17.0. The quantitative estimate of drug-likeness (QED) is 0.719. The first kappa shape index (κ1) is 20.1. The van der Waals surface area contributed by atoms with E-state index in [1.165, 1.54) is 12.3 Å².